The first-order valence-corrected chi connectivity index (χ1v) is 7.41. The van der Waals surface area contributed by atoms with E-state index in [2.05, 4.69) is 32.0 Å². The second-order valence-corrected chi connectivity index (χ2v) is 5.19. The molecule has 4 heteroatoms. The standard InChI is InChI=1S/C16H22O4/c1-3-15(17-8-9-18-15)13-6-5-7-14(12-13)16(4-2)19-10-11-20-16/h5-7,12H,3-4,8-11H2,1-2H3. The van der Waals surface area contributed by atoms with Crippen LogP contribution >= 0.6 is 0 Å². The highest BCUT2D eigenvalue weighted by molar-refractivity contribution is 5.30. The van der Waals surface area contributed by atoms with Crippen LogP contribution in [0, 0.1) is 0 Å². The molecule has 110 valence electrons. The molecule has 0 N–H and O–H groups in total. The van der Waals surface area contributed by atoms with Gasteiger partial charge in [-0.25, -0.2) is 0 Å². The van der Waals surface area contributed by atoms with E-state index in [9.17, 15) is 0 Å². The molecule has 0 spiro atoms. The molecule has 2 fully saturated rings. The SMILES string of the molecule is CCC1(c2cccc(C3(CC)OCCO3)c2)OCCO1. The maximum atomic E-state index is 5.86. The summed E-state index contributed by atoms with van der Waals surface area (Å²) < 4.78 is 23.4. The van der Waals surface area contributed by atoms with Crippen LogP contribution in [0.3, 0.4) is 0 Å². The van der Waals surface area contributed by atoms with E-state index in [4.69, 9.17) is 18.9 Å². The van der Waals surface area contributed by atoms with Gasteiger partial charge in [-0.15, -0.1) is 0 Å². The van der Waals surface area contributed by atoms with Gasteiger partial charge in [0.15, 0.2) is 11.6 Å². The number of rotatable bonds is 4. The summed E-state index contributed by atoms with van der Waals surface area (Å²) in [5.74, 6) is -1.22. The van der Waals surface area contributed by atoms with Gasteiger partial charge in [0.05, 0.1) is 26.4 Å². The minimum atomic E-state index is -0.608. The fourth-order valence-electron chi connectivity index (χ4n) is 3.05. The van der Waals surface area contributed by atoms with Crippen molar-refractivity contribution >= 4 is 0 Å². The largest absolute Gasteiger partial charge is 0.343 e. The summed E-state index contributed by atoms with van der Waals surface area (Å²) in [6.07, 6.45) is 1.58. The van der Waals surface area contributed by atoms with Gasteiger partial charge in [-0.05, 0) is 6.07 Å². The van der Waals surface area contributed by atoms with Crippen LogP contribution in [0.5, 0.6) is 0 Å². The lowest BCUT2D eigenvalue weighted by atomic mass is 9.96. The third-order valence-electron chi connectivity index (χ3n) is 4.18. The third kappa shape index (κ3) is 2.17. The Labute approximate surface area is 120 Å². The fraction of sp³-hybridized carbons (Fsp3) is 0.625. The third-order valence-corrected chi connectivity index (χ3v) is 4.18. The van der Waals surface area contributed by atoms with Crippen LogP contribution in [0.4, 0.5) is 0 Å². The van der Waals surface area contributed by atoms with E-state index in [1.54, 1.807) is 0 Å². The van der Waals surface area contributed by atoms with Crippen LogP contribution in [0.25, 0.3) is 0 Å². The van der Waals surface area contributed by atoms with Crippen molar-refractivity contribution in [2.45, 2.75) is 38.3 Å². The predicted molar refractivity (Wildman–Crippen MR) is 74.2 cm³/mol. The number of hydrogen-bond acceptors (Lipinski definition) is 4. The lowest BCUT2D eigenvalue weighted by Gasteiger charge is -2.30. The van der Waals surface area contributed by atoms with E-state index < -0.39 is 11.6 Å². The monoisotopic (exact) mass is 278 g/mol. The van der Waals surface area contributed by atoms with E-state index in [0.717, 1.165) is 24.0 Å². The Morgan fingerprint density at radius 2 is 1.20 bits per heavy atom. The molecule has 2 saturated heterocycles. The zero-order valence-electron chi connectivity index (χ0n) is 12.2. The van der Waals surface area contributed by atoms with Crippen molar-refractivity contribution in [1.29, 1.82) is 0 Å². The smallest absolute Gasteiger partial charge is 0.194 e. The van der Waals surface area contributed by atoms with Gasteiger partial charge in [-0.3, -0.25) is 0 Å². The van der Waals surface area contributed by atoms with Crippen LogP contribution in [-0.4, -0.2) is 26.4 Å². The second kappa shape index (κ2) is 5.45. The van der Waals surface area contributed by atoms with Gasteiger partial charge in [-0.1, -0.05) is 32.0 Å². The predicted octanol–water partition coefficient (Wildman–Crippen LogP) is 2.91. The van der Waals surface area contributed by atoms with Crippen molar-refractivity contribution in [2.24, 2.45) is 0 Å². The Bertz CT molecular complexity index is 420. The zero-order valence-corrected chi connectivity index (χ0v) is 12.2. The first-order chi connectivity index (χ1) is 9.75. The Hall–Kier alpha value is -0.940. The molecule has 4 nitrogen and oxygen atoms in total. The molecule has 2 aliphatic heterocycles. The van der Waals surface area contributed by atoms with Gasteiger partial charge in [0.1, 0.15) is 0 Å². The van der Waals surface area contributed by atoms with Crippen LogP contribution in [0.15, 0.2) is 24.3 Å². The van der Waals surface area contributed by atoms with Gasteiger partial charge >= 0.3 is 0 Å². The van der Waals surface area contributed by atoms with E-state index in [1.165, 1.54) is 0 Å². The number of ether oxygens (including phenoxy) is 4. The van der Waals surface area contributed by atoms with Crippen LogP contribution < -0.4 is 0 Å². The van der Waals surface area contributed by atoms with Gasteiger partial charge in [0, 0.05) is 24.0 Å². The molecule has 3 rings (SSSR count). The molecule has 20 heavy (non-hydrogen) atoms. The summed E-state index contributed by atoms with van der Waals surface area (Å²) >= 11 is 0. The second-order valence-electron chi connectivity index (χ2n) is 5.19. The summed E-state index contributed by atoms with van der Waals surface area (Å²) in [5, 5.41) is 0. The molecule has 1 aromatic rings. The molecule has 2 aliphatic rings. The van der Waals surface area contributed by atoms with Gasteiger partial charge in [0.25, 0.3) is 0 Å². The summed E-state index contributed by atoms with van der Waals surface area (Å²) in [7, 11) is 0. The van der Waals surface area contributed by atoms with Crippen molar-refractivity contribution in [2.75, 3.05) is 26.4 Å². The van der Waals surface area contributed by atoms with Crippen LogP contribution in [-0.2, 0) is 30.5 Å². The van der Waals surface area contributed by atoms with Gasteiger partial charge in [-0.2, -0.15) is 0 Å². The summed E-state index contributed by atoms with van der Waals surface area (Å²) in [6, 6.07) is 8.23. The molecule has 1 aromatic carbocycles. The lowest BCUT2D eigenvalue weighted by molar-refractivity contribution is -0.172. The lowest BCUT2D eigenvalue weighted by Crippen LogP contribution is -2.29. The normalized spacial score (nSPS) is 24.1. The molecule has 0 aliphatic carbocycles. The molecule has 2 heterocycles. The molecule has 0 atom stereocenters. The molecule has 0 unspecified atom stereocenters. The quantitative estimate of drug-likeness (QED) is 0.848. The Balaban J connectivity index is 1.97. The summed E-state index contributed by atoms with van der Waals surface area (Å²) in [4.78, 5) is 0. The molecule has 0 saturated carbocycles. The molecule has 0 bridgehead atoms. The molecule has 0 aromatic heterocycles. The first kappa shape index (κ1) is 14.0. The number of benzene rings is 1. The van der Waals surface area contributed by atoms with Crippen molar-refractivity contribution in [3.8, 4) is 0 Å². The minimum absolute atomic E-state index is 0.608. The Kier molecular flexibility index (Phi) is 3.82. The fourth-order valence-corrected chi connectivity index (χ4v) is 3.05. The number of hydrogen-bond donors (Lipinski definition) is 0. The highest BCUT2D eigenvalue weighted by atomic mass is 16.7. The molecular formula is C16H22O4. The maximum Gasteiger partial charge on any atom is 0.194 e. The van der Waals surface area contributed by atoms with Crippen LogP contribution in [0.2, 0.25) is 0 Å². The topological polar surface area (TPSA) is 36.9 Å². The van der Waals surface area contributed by atoms with Crippen molar-refractivity contribution in [3.63, 3.8) is 0 Å². The zero-order chi connectivity index (χ0) is 14.1. The minimum Gasteiger partial charge on any atom is -0.343 e. The van der Waals surface area contributed by atoms with E-state index in [-0.39, 0.29) is 0 Å². The van der Waals surface area contributed by atoms with Crippen molar-refractivity contribution < 1.29 is 18.9 Å². The average molecular weight is 278 g/mol. The summed E-state index contributed by atoms with van der Waals surface area (Å²) in [6.45, 7) is 6.73. The van der Waals surface area contributed by atoms with Crippen LogP contribution in [0.1, 0.15) is 37.8 Å². The highest BCUT2D eigenvalue weighted by Crippen LogP contribution is 2.39. The van der Waals surface area contributed by atoms with Gasteiger partial charge < -0.3 is 18.9 Å². The highest BCUT2D eigenvalue weighted by Gasteiger charge is 2.40. The van der Waals surface area contributed by atoms with E-state index in [1.807, 2.05) is 6.07 Å². The van der Waals surface area contributed by atoms with Crippen molar-refractivity contribution in [1.82, 2.24) is 0 Å². The first-order valence-electron chi connectivity index (χ1n) is 7.41. The maximum absolute atomic E-state index is 5.86. The Morgan fingerprint density at radius 3 is 1.55 bits per heavy atom. The summed E-state index contributed by atoms with van der Waals surface area (Å²) in [5.41, 5.74) is 2.09. The average Bonchev–Trinajstić information content (AvgIpc) is 3.18. The molecular weight excluding hydrogens is 256 g/mol. The van der Waals surface area contributed by atoms with Crippen molar-refractivity contribution in [3.05, 3.63) is 35.4 Å². The van der Waals surface area contributed by atoms with E-state index >= 15 is 0 Å². The van der Waals surface area contributed by atoms with Gasteiger partial charge in [0.2, 0.25) is 0 Å². The van der Waals surface area contributed by atoms with E-state index in [0.29, 0.717) is 26.4 Å². The molecule has 0 amide bonds. The Morgan fingerprint density at radius 1 is 0.800 bits per heavy atom. The molecule has 0 radical (unpaired) electrons.